The number of ether oxygens (including phenoxy) is 4. The van der Waals surface area contributed by atoms with Gasteiger partial charge in [-0.15, -0.1) is 0 Å². The Hall–Kier alpha value is -3.26. The number of hydrogen-bond acceptors (Lipinski definition) is 6. The third-order valence-corrected chi connectivity index (χ3v) is 3.98. The molecule has 1 N–H and O–H groups in total. The van der Waals surface area contributed by atoms with Gasteiger partial charge < -0.3 is 24.3 Å². The van der Waals surface area contributed by atoms with E-state index in [1.807, 2.05) is 0 Å². The van der Waals surface area contributed by atoms with Gasteiger partial charge in [0.15, 0.2) is 18.1 Å². The van der Waals surface area contributed by atoms with Crippen LogP contribution in [0, 0.1) is 5.82 Å². The molecule has 1 amide bonds. The highest BCUT2D eigenvalue weighted by Crippen LogP contribution is 2.38. The van der Waals surface area contributed by atoms with Crippen LogP contribution < -0.4 is 19.5 Å². The second kappa shape index (κ2) is 10.3. The molecule has 0 atom stereocenters. The van der Waals surface area contributed by atoms with Crippen LogP contribution in [0.3, 0.4) is 0 Å². The van der Waals surface area contributed by atoms with Gasteiger partial charge in [-0.3, -0.25) is 4.79 Å². The summed E-state index contributed by atoms with van der Waals surface area (Å²) in [6.07, 6.45) is 2.61. The van der Waals surface area contributed by atoms with E-state index in [0.717, 1.165) is 18.2 Å². The molecule has 0 heterocycles. The fourth-order valence-electron chi connectivity index (χ4n) is 2.33. The number of methoxy groups -OCH3 is 3. The van der Waals surface area contributed by atoms with E-state index >= 15 is 0 Å². The highest BCUT2D eigenvalue weighted by atomic mass is 35.5. The van der Waals surface area contributed by atoms with Gasteiger partial charge in [0.05, 0.1) is 32.0 Å². The summed E-state index contributed by atoms with van der Waals surface area (Å²) < 4.78 is 33.8. The minimum Gasteiger partial charge on any atom is -0.493 e. The van der Waals surface area contributed by atoms with Gasteiger partial charge in [-0.2, -0.15) is 0 Å². The zero-order valence-corrected chi connectivity index (χ0v) is 16.7. The van der Waals surface area contributed by atoms with Crippen LogP contribution in [0.4, 0.5) is 10.1 Å². The quantitative estimate of drug-likeness (QED) is 0.515. The number of anilines is 1. The molecule has 2 aromatic rings. The molecule has 7 nitrogen and oxygen atoms in total. The molecule has 0 fully saturated rings. The molecule has 0 aliphatic heterocycles. The molecular formula is C20H19ClFNO6. The first-order valence-electron chi connectivity index (χ1n) is 8.27. The predicted molar refractivity (Wildman–Crippen MR) is 106 cm³/mol. The van der Waals surface area contributed by atoms with E-state index in [-0.39, 0.29) is 10.7 Å². The zero-order valence-electron chi connectivity index (χ0n) is 16.0. The number of hydrogen-bond donors (Lipinski definition) is 1. The molecule has 0 saturated heterocycles. The number of amides is 1. The van der Waals surface area contributed by atoms with Crippen LogP contribution in [0.25, 0.3) is 6.08 Å². The number of rotatable bonds is 8. The lowest BCUT2D eigenvalue weighted by Gasteiger charge is -2.12. The molecule has 2 aromatic carbocycles. The maximum Gasteiger partial charge on any atom is 0.331 e. The van der Waals surface area contributed by atoms with Crippen molar-refractivity contribution in [2.45, 2.75) is 0 Å². The van der Waals surface area contributed by atoms with Crippen molar-refractivity contribution in [2.75, 3.05) is 33.3 Å². The van der Waals surface area contributed by atoms with Crippen molar-refractivity contribution in [2.24, 2.45) is 0 Å². The first-order chi connectivity index (χ1) is 13.9. The van der Waals surface area contributed by atoms with Crippen LogP contribution in [0.15, 0.2) is 36.4 Å². The lowest BCUT2D eigenvalue weighted by Crippen LogP contribution is -2.20. The summed E-state index contributed by atoms with van der Waals surface area (Å²) in [7, 11) is 4.43. The molecule has 0 radical (unpaired) electrons. The molecule has 0 saturated carbocycles. The summed E-state index contributed by atoms with van der Waals surface area (Å²) in [5.41, 5.74) is 0.674. The van der Waals surface area contributed by atoms with Crippen molar-refractivity contribution in [3.8, 4) is 17.2 Å². The molecule has 0 aliphatic rings. The first-order valence-corrected chi connectivity index (χ1v) is 8.65. The van der Waals surface area contributed by atoms with Crippen molar-refractivity contribution >= 4 is 35.2 Å². The van der Waals surface area contributed by atoms with Crippen LogP contribution in [0.5, 0.6) is 17.2 Å². The third kappa shape index (κ3) is 6.11. The Balaban J connectivity index is 1.97. The molecule has 0 spiro atoms. The zero-order chi connectivity index (χ0) is 21.4. The molecule has 154 valence electrons. The van der Waals surface area contributed by atoms with Gasteiger partial charge in [-0.25, -0.2) is 9.18 Å². The van der Waals surface area contributed by atoms with Crippen LogP contribution in [0.2, 0.25) is 5.02 Å². The molecule has 0 aliphatic carbocycles. The summed E-state index contributed by atoms with van der Waals surface area (Å²) >= 11 is 5.86. The summed E-state index contributed by atoms with van der Waals surface area (Å²) in [6, 6.07) is 6.81. The Bertz CT molecular complexity index is 906. The van der Waals surface area contributed by atoms with Crippen molar-refractivity contribution in [1.29, 1.82) is 0 Å². The van der Waals surface area contributed by atoms with Gasteiger partial charge in [0, 0.05) is 6.08 Å². The van der Waals surface area contributed by atoms with E-state index in [4.69, 9.17) is 30.5 Å². The van der Waals surface area contributed by atoms with Gasteiger partial charge in [-0.05, 0) is 42.0 Å². The molecule has 29 heavy (non-hydrogen) atoms. The van der Waals surface area contributed by atoms with E-state index in [2.05, 4.69) is 5.32 Å². The van der Waals surface area contributed by atoms with Crippen molar-refractivity contribution < 1.29 is 32.9 Å². The largest absolute Gasteiger partial charge is 0.493 e. The standard InChI is InChI=1S/C20H19ClFNO6/c1-26-16-8-12(9-17(27-2)20(16)28-3)4-7-19(25)29-11-18(24)23-15-10-13(22)5-6-14(15)21/h4-10H,11H2,1-3H3,(H,23,24). The van der Waals surface area contributed by atoms with E-state index in [0.29, 0.717) is 22.8 Å². The van der Waals surface area contributed by atoms with Gasteiger partial charge in [0.1, 0.15) is 5.82 Å². The molecule has 0 unspecified atom stereocenters. The average Bonchev–Trinajstić information content (AvgIpc) is 2.72. The Kier molecular flexibility index (Phi) is 7.85. The summed E-state index contributed by atoms with van der Waals surface area (Å²) in [4.78, 5) is 23.7. The first kappa shape index (κ1) is 22.0. The number of nitrogens with one attached hydrogen (secondary N) is 1. The smallest absolute Gasteiger partial charge is 0.331 e. The Morgan fingerprint density at radius 3 is 2.31 bits per heavy atom. The lowest BCUT2D eigenvalue weighted by molar-refractivity contribution is -0.142. The summed E-state index contributed by atoms with van der Waals surface area (Å²) in [5.74, 6) is -0.707. The van der Waals surface area contributed by atoms with Crippen molar-refractivity contribution in [3.63, 3.8) is 0 Å². The SMILES string of the molecule is COc1cc(C=CC(=O)OCC(=O)Nc2cc(F)ccc2Cl)cc(OC)c1OC. The minimum absolute atomic E-state index is 0.0840. The number of benzene rings is 2. The highest BCUT2D eigenvalue weighted by Gasteiger charge is 2.13. The number of carbonyl (C=O) groups is 2. The van der Waals surface area contributed by atoms with Crippen LogP contribution in [-0.2, 0) is 14.3 Å². The molecule has 9 heteroatoms. The Morgan fingerprint density at radius 2 is 1.72 bits per heavy atom. The van der Waals surface area contributed by atoms with Gasteiger partial charge >= 0.3 is 5.97 Å². The van der Waals surface area contributed by atoms with Crippen LogP contribution >= 0.6 is 11.6 Å². The lowest BCUT2D eigenvalue weighted by atomic mass is 10.1. The molecule has 0 bridgehead atoms. The molecule has 0 aromatic heterocycles. The van der Waals surface area contributed by atoms with Crippen molar-refractivity contribution in [1.82, 2.24) is 0 Å². The average molecular weight is 424 g/mol. The fraction of sp³-hybridized carbons (Fsp3) is 0.200. The third-order valence-electron chi connectivity index (χ3n) is 3.65. The second-order valence-electron chi connectivity index (χ2n) is 5.57. The second-order valence-corrected chi connectivity index (χ2v) is 5.98. The number of carbonyl (C=O) groups excluding carboxylic acids is 2. The fourth-order valence-corrected chi connectivity index (χ4v) is 2.49. The monoisotopic (exact) mass is 423 g/mol. The van der Waals surface area contributed by atoms with Crippen LogP contribution in [0.1, 0.15) is 5.56 Å². The number of esters is 1. The van der Waals surface area contributed by atoms with Gasteiger partial charge in [0.2, 0.25) is 5.75 Å². The molecular weight excluding hydrogens is 405 g/mol. The molecule has 2 rings (SSSR count). The van der Waals surface area contributed by atoms with E-state index in [1.54, 1.807) is 12.1 Å². The van der Waals surface area contributed by atoms with Crippen LogP contribution in [-0.4, -0.2) is 39.8 Å². The predicted octanol–water partition coefficient (Wildman–Crippen LogP) is 3.70. The van der Waals surface area contributed by atoms with Crippen molar-refractivity contribution in [3.05, 3.63) is 52.8 Å². The minimum atomic E-state index is -0.751. The highest BCUT2D eigenvalue weighted by molar-refractivity contribution is 6.33. The normalized spacial score (nSPS) is 10.5. The summed E-state index contributed by atoms with van der Waals surface area (Å²) in [6.45, 7) is -0.564. The van der Waals surface area contributed by atoms with E-state index < -0.39 is 24.3 Å². The summed E-state index contributed by atoms with van der Waals surface area (Å²) in [5, 5.41) is 2.52. The Labute approximate surface area is 172 Å². The maximum absolute atomic E-state index is 13.2. The van der Waals surface area contributed by atoms with Gasteiger partial charge in [-0.1, -0.05) is 11.6 Å². The number of halogens is 2. The van der Waals surface area contributed by atoms with Gasteiger partial charge in [0.25, 0.3) is 5.91 Å². The maximum atomic E-state index is 13.2. The Morgan fingerprint density at radius 1 is 1.07 bits per heavy atom. The van der Waals surface area contributed by atoms with E-state index in [1.165, 1.54) is 33.5 Å². The van der Waals surface area contributed by atoms with E-state index in [9.17, 15) is 14.0 Å². The topological polar surface area (TPSA) is 83.1 Å².